The molecule has 32 heavy (non-hydrogen) atoms. The monoisotopic (exact) mass is 437 g/mol. The number of amidine groups is 2. The Morgan fingerprint density at radius 2 is 1.81 bits per heavy atom. The number of nitrogens with one attached hydrogen (secondary N) is 3. The van der Waals surface area contributed by atoms with Crippen LogP contribution in [0, 0.1) is 16.7 Å². The zero-order valence-corrected chi connectivity index (χ0v) is 18.1. The lowest BCUT2D eigenvalue weighted by Gasteiger charge is -2.33. The summed E-state index contributed by atoms with van der Waals surface area (Å²) in [6, 6.07) is 12.5. The first-order valence-corrected chi connectivity index (χ1v) is 10.8. The molecule has 0 spiro atoms. The van der Waals surface area contributed by atoms with Crippen LogP contribution >= 0.6 is 0 Å². The molecule has 1 fully saturated rings. The lowest BCUT2D eigenvalue weighted by atomic mass is 9.96. The van der Waals surface area contributed by atoms with Crippen molar-refractivity contribution in [1.29, 1.82) is 10.8 Å². The van der Waals surface area contributed by atoms with E-state index in [0.29, 0.717) is 30.3 Å². The van der Waals surface area contributed by atoms with E-state index in [-0.39, 0.29) is 18.0 Å². The Hall–Kier alpha value is -3.23. The summed E-state index contributed by atoms with van der Waals surface area (Å²) in [4.78, 5) is 13.7. The number of piperidine rings is 1. The second kappa shape index (κ2) is 10.9. The molecule has 0 aromatic heterocycles. The third kappa shape index (κ3) is 6.15. The molecule has 3 rings (SSSR count). The Morgan fingerprint density at radius 1 is 1.09 bits per heavy atom. The van der Waals surface area contributed by atoms with E-state index in [4.69, 9.17) is 21.7 Å². The maximum atomic E-state index is 11.7. The number of nitrogen functional groups attached to an aromatic ring is 1. The number of nitrogens with zero attached hydrogens (tertiary/aromatic N) is 1. The highest BCUT2D eigenvalue weighted by molar-refractivity contribution is 5.96. The molecule has 0 atom stereocenters. The Labute approximate surface area is 188 Å². The van der Waals surface area contributed by atoms with Crippen LogP contribution in [0.5, 0.6) is 0 Å². The van der Waals surface area contributed by atoms with Gasteiger partial charge in [-0.1, -0.05) is 18.2 Å². The van der Waals surface area contributed by atoms with Crippen molar-refractivity contribution in [3.05, 3.63) is 59.2 Å². The number of carboxylic acid groups (broad SMARTS) is 1. The summed E-state index contributed by atoms with van der Waals surface area (Å²) in [7, 11) is 0. The smallest absolute Gasteiger partial charge is 0.335 e. The summed E-state index contributed by atoms with van der Waals surface area (Å²) in [5, 5.41) is 37.6. The summed E-state index contributed by atoms with van der Waals surface area (Å²) in [6.45, 7) is 3.05. The number of carboxylic acids is 1. The number of aliphatic hydroxyl groups excluding tert-OH is 1. The van der Waals surface area contributed by atoms with Crippen LogP contribution in [0.25, 0.3) is 11.1 Å². The molecule has 2 aromatic carbocycles. The van der Waals surface area contributed by atoms with Crippen molar-refractivity contribution in [3.8, 4) is 11.1 Å². The molecule has 170 valence electrons. The van der Waals surface area contributed by atoms with Crippen molar-refractivity contribution in [3.63, 3.8) is 0 Å². The molecular formula is C24H31N5O3. The lowest BCUT2D eigenvalue weighted by Crippen LogP contribution is -2.40. The number of nitrogens with two attached hydrogens (primary N) is 1. The number of hydrogen-bond acceptors (Lipinski definition) is 5. The fourth-order valence-corrected chi connectivity index (χ4v) is 4.04. The topological polar surface area (TPSA) is 147 Å². The van der Waals surface area contributed by atoms with Gasteiger partial charge in [0.1, 0.15) is 5.84 Å². The molecule has 1 aliphatic heterocycles. The fraction of sp³-hybridized carbons (Fsp3) is 0.375. The van der Waals surface area contributed by atoms with Gasteiger partial charge < -0.3 is 26.2 Å². The van der Waals surface area contributed by atoms with Gasteiger partial charge in [-0.3, -0.25) is 10.8 Å². The summed E-state index contributed by atoms with van der Waals surface area (Å²) in [5.41, 5.74) is 8.90. The first-order chi connectivity index (χ1) is 15.4. The molecule has 1 saturated heterocycles. The SMILES string of the molecule is N=C(N)c1cccc(-c2cc(CNCC3CCN(C(=N)CCO)CC3)cc(C(=O)O)c2)c1. The predicted molar refractivity (Wildman–Crippen MR) is 125 cm³/mol. The van der Waals surface area contributed by atoms with Crippen LogP contribution in [0.2, 0.25) is 0 Å². The number of rotatable bonds is 9. The van der Waals surface area contributed by atoms with E-state index in [1.54, 1.807) is 24.3 Å². The average molecular weight is 438 g/mol. The van der Waals surface area contributed by atoms with Gasteiger partial charge in [0.2, 0.25) is 0 Å². The van der Waals surface area contributed by atoms with Gasteiger partial charge in [-0.15, -0.1) is 0 Å². The standard InChI is InChI=1S/C24H31N5O3/c25-22(6-9-30)29-7-4-16(5-8-29)14-28-15-17-10-20(13-21(11-17)24(31)32)18-2-1-3-19(12-18)23(26)27/h1-3,10-13,16,25,28,30H,4-9,14-15H2,(H3,26,27)(H,31,32). The molecular weight excluding hydrogens is 406 g/mol. The third-order valence-corrected chi connectivity index (χ3v) is 5.85. The van der Waals surface area contributed by atoms with E-state index >= 15 is 0 Å². The van der Waals surface area contributed by atoms with E-state index in [1.807, 2.05) is 23.1 Å². The number of aliphatic hydroxyl groups is 1. The van der Waals surface area contributed by atoms with Gasteiger partial charge in [-0.25, -0.2) is 4.79 Å². The van der Waals surface area contributed by atoms with Crippen LogP contribution in [-0.2, 0) is 6.54 Å². The second-order valence-corrected chi connectivity index (χ2v) is 8.20. The normalized spacial score (nSPS) is 14.3. The second-order valence-electron chi connectivity index (χ2n) is 8.20. The van der Waals surface area contributed by atoms with Crippen molar-refractivity contribution >= 4 is 17.6 Å². The number of aromatic carboxylic acids is 1. The molecule has 2 aromatic rings. The summed E-state index contributed by atoms with van der Waals surface area (Å²) < 4.78 is 0. The molecule has 0 aliphatic carbocycles. The maximum Gasteiger partial charge on any atom is 0.335 e. The van der Waals surface area contributed by atoms with Crippen LogP contribution in [0.15, 0.2) is 42.5 Å². The largest absolute Gasteiger partial charge is 0.478 e. The van der Waals surface area contributed by atoms with Crippen LogP contribution < -0.4 is 11.1 Å². The summed E-state index contributed by atoms with van der Waals surface area (Å²) in [5.74, 6) is 0.00233. The average Bonchev–Trinajstić information content (AvgIpc) is 2.79. The molecule has 8 heteroatoms. The zero-order valence-electron chi connectivity index (χ0n) is 18.1. The highest BCUT2D eigenvalue weighted by atomic mass is 16.4. The summed E-state index contributed by atoms with van der Waals surface area (Å²) in [6.07, 6.45) is 2.37. The molecule has 0 unspecified atom stereocenters. The Balaban J connectivity index is 1.63. The minimum atomic E-state index is -0.978. The highest BCUT2D eigenvalue weighted by Gasteiger charge is 2.20. The number of hydrogen-bond donors (Lipinski definition) is 6. The van der Waals surface area contributed by atoms with E-state index in [2.05, 4.69) is 5.32 Å². The first-order valence-electron chi connectivity index (χ1n) is 10.8. The highest BCUT2D eigenvalue weighted by Crippen LogP contribution is 2.24. The lowest BCUT2D eigenvalue weighted by molar-refractivity contribution is 0.0696. The van der Waals surface area contributed by atoms with Crippen LogP contribution in [0.4, 0.5) is 0 Å². The van der Waals surface area contributed by atoms with Crippen molar-refractivity contribution in [2.75, 3.05) is 26.2 Å². The van der Waals surface area contributed by atoms with E-state index in [1.165, 1.54) is 0 Å². The fourth-order valence-electron chi connectivity index (χ4n) is 4.04. The molecule has 0 saturated carbocycles. The molecule has 8 nitrogen and oxygen atoms in total. The Kier molecular flexibility index (Phi) is 7.97. The zero-order chi connectivity index (χ0) is 23.1. The van der Waals surface area contributed by atoms with Crippen LogP contribution in [0.3, 0.4) is 0 Å². The number of carbonyl (C=O) groups is 1. The molecule has 1 aliphatic rings. The first kappa shape index (κ1) is 23.4. The van der Waals surface area contributed by atoms with Crippen LogP contribution in [0.1, 0.15) is 40.7 Å². The number of benzene rings is 2. The van der Waals surface area contributed by atoms with Crippen LogP contribution in [-0.4, -0.2) is 59.0 Å². The minimum absolute atomic E-state index is 0.0107. The van der Waals surface area contributed by atoms with Crippen molar-refractivity contribution in [2.45, 2.75) is 25.8 Å². The van der Waals surface area contributed by atoms with Crippen molar-refractivity contribution in [1.82, 2.24) is 10.2 Å². The molecule has 7 N–H and O–H groups in total. The molecule has 0 radical (unpaired) electrons. The van der Waals surface area contributed by atoms with E-state index < -0.39 is 5.97 Å². The Morgan fingerprint density at radius 3 is 2.47 bits per heavy atom. The quantitative estimate of drug-likeness (QED) is 0.262. The summed E-state index contributed by atoms with van der Waals surface area (Å²) >= 11 is 0. The van der Waals surface area contributed by atoms with Gasteiger partial charge >= 0.3 is 5.97 Å². The molecule has 0 amide bonds. The van der Waals surface area contributed by atoms with Gasteiger partial charge in [0.15, 0.2) is 0 Å². The van der Waals surface area contributed by atoms with Gasteiger partial charge in [0.05, 0.1) is 18.0 Å². The van der Waals surface area contributed by atoms with E-state index in [0.717, 1.165) is 49.2 Å². The van der Waals surface area contributed by atoms with Gasteiger partial charge in [0, 0.05) is 31.6 Å². The van der Waals surface area contributed by atoms with Crippen molar-refractivity contribution in [2.24, 2.45) is 11.7 Å². The minimum Gasteiger partial charge on any atom is -0.478 e. The Bertz CT molecular complexity index is 983. The van der Waals surface area contributed by atoms with Gasteiger partial charge in [-0.05, 0) is 66.3 Å². The molecule has 0 bridgehead atoms. The van der Waals surface area contributed by atoms with E-state index in [9.17, 15) is 9.90 Å². The van der Waals surface area contributed by atoms with Gasteiger partial charge in [-0.2, -0.15) is 0 Å². The predicted octanol–water partition coefficient (Wildman–Crippen LogP) is 2.50. The van der Waals surface area contributed by atoms with Gasteiger partial charge in [0.25, 0.3) is 0 Å². The molecule has 1 heterocycles. The number of likely N-dealkylation sites (tertiary alicyclic amines) is 1. The maximum absolute atomic E-state index is 11.7. The van der Waals surface area contributed by atoms with Crippen molar-refractivity contribution < 1.29 is 15.0 Å². The third-order valence-electron chi connectivity index (χ3n) is 5.85.